The zero-order valence-corrected chi connectivity index (χ0v) is 15.8. The number of methoxy groups -OCH3 is 1. The summed E-state index contributed by atoms with van der Waals surface area (Å²) in [6.07, 6.45) is -0.0945. The van der Waals surface area contributed by atoms with Gasteiger partial charge in [0.05, 0.1) is 13.5 Å². The van der Waals surface area contributed by atoms with E-state index in [1.807, 2.05) is 24.3 Å². The minimum Gasteiger partial charge on any atom is -0.497 e. The van der Waals surface area contributed by atoms with Gasteiger partial charge in [-0.05, 0) is 31.0 Å². The third-order valence-corrected chi connectivity index (χ3v) is 4.87. The number of amides is 2. The summed E-state index contributed by atoms with van der Waals surface area (Å²) < 4.78 is 10.2. The molecular weight excluding hydrogens is 356 g/mol. The Morgan fingerprint density at radius 2 is 2.04 bits per heavy atom. The lowest BCUT2D eigenvalue weighted by Crippen LogP contribution is -2.37. The zero-order chi connectivity index (χ0) is 18.9. The number of ether oxygens (including phenoxy) is 2. The van der Waals surface area contributed by atoms with Crippen molar-refractivity contribution in [3.63, 3.8) is 0 Å². The molecule has 142 valence electrons. The van der Waals surface area contributed by atoms with E-state index in [0.29, 0.717) is 26.1 Å². The van der Waals surface area contributed by atoms with Gasteiger partial charge in [-0.25, -0.2) is 0 Å². The molecule has 1 aromatic carbocycles. The van der Waals surface area contributed by atoms with Crippen LogP contribution >= 0.6 is 11.8 Å². The molecule has 0 radical (unpaired) electrons. The summed E-state index contributed by atoms with van der Waals surface area (Å²) in [7, 11) is 1.61. The predicted molar refractivity (Wildman–Crippen MR) is 99.3 cm³/mol. The lowest BCUT2D eigenvalue weighted by atomic mass is 10.1. The zero-order valence-electron chi connectivity index (χ0n) is 15.0. The third kappa shape index (κ3) is 6.25. The Bertz CT molecular complexity index is 635. The van der Waals surface area contributed by atoms with Crippen molar-refractivity contribution in [3.8, 4) is 5.75 Å². The van der Waals surface area contributed by atoms with Gasteiger partial charge in [0.2, 0.25) is 0 Å². The molecule has 8 heteroatoms. The quantitative estimate of drug-likeness (QED) is 0.658. The molecule has 1 N–H and O–H groups in total. The lowest BCUT2D eigenvalue weighted by Gasteiger charge is -2.16. The van der Waals surface area contributed by atoms with E-state index in [2.05, 4.69) is 5.32 Å². The predicted octanol–water partition coefficient (Wildman–Crippen LogP) is 1.84. The van der Waals surface area contributed by atoms with E-state index in [9.17, 15) is 14.4 Å². The summed E-state index contributed by atoms with van der Waals surface area (Å²) in [5.41, 5.74) is 1.07. The van der Waals surface area contributed by atoms with E-state index in [1.165, 1.54) is 18.7 Å². The highest BCUT2D eigenvalue weighted by Crippen LogP contribution is 2.17. The third-order valence-electron chi connectivity index (χ3n) is 3.98. The van der Waals surface area contributed by atoms with Crippen molar-refractivity contribution in [2.75, 3.05) is 32.5 Å². The molecule has 1 unspecified atom stereocenters. The van der Waals surface area contributed by atoms with E-state index >= 15 is 0 Å². The minimum absolute atomic E-state index is 0.0119. The second-order valence-corrected chi connectivity index (χ2v) is 6.92. The fourth-order valence-corrected chi connectivity index (χ4v) is 3.28. The Labute approximate surface area is 157 Å². The molecule has 1 aliphatic rings. The van der Waals surface area contributed by atoms with E-state index < -0.39 is 12.1 Å². The Kier molecular flexibility index (Phi) is 7.77. The first-order chi connectivity index (χ1) is 12.5. The van der Waals surface area contributed by atoms with Crippen LogP contribution in [0.5, 0.6) is 5.75 Å². The topological polar surface area (TPSA) is 84.9 Å². The molecule has 1 aromatic rings. The van der Waals surface area contributed by atoms with Gasteiger partial charge < -0.3 is 19.7 Å². The second kappa shape index (κ2) is 10.1. The Morgan fingerprint density at radius 1 is 1.31 bits per heavy atom. The SMILES string of the molecule is COc1ccc(CCNC(=O)C(C)OC(=O)CCN2CCSC2=O)cc1. The Hall–Kier alpha value is -2.22. The molecule has 0 spiro atoms. The van der Waals surface area contributed by atoms with Gasteiger partial charge >= 0.3 is 5.97 Å². The number of benzene rings is 1. The Balaban J connectivity index is 1.64. The molecule has 1 aliphatic heterocycles. The van der Waals surface area contributed by atoms with E-state index in [4.69, 9.17) is 9.47 Å². The van der Waals surface area contributed by atoms with Gasteiger partial charge in [-0.2, -0.15) is 0 Å². The first-order valence-electron chi connectivity index (χ1n) is 8.51. The average Bonchev–Trinajstić information content (AvgIpc) is 3.05. The molecule has 7 nitrogen and oxygen atoms in total. The van der Waals surface area contributed by atoms with Crippen LogP contribution in [0.2, 0.25) is 0 Å². The van der Waals surface area contributed by atoms with Crippen molar-refractivity contribution in [2.24, 2.45) is 0 Å². The van der Waals surface area contributed by atoms with Crippen LogP contribution < -0.4 is 10.1 Å². The van der Waals surface area contributed by atoms with Crippen LogP contribution in [0.25, 0.3) is 0 Å². The summed E-state index contributed by atoms with van der Waals surface area (Å²) >= 11 is 1.25. The van der Waals surface area contributed by atoms with Gasteiger partial charge in [-0.15, -0.1) is 0 Å². The molecule has 1 atom stereocenters. The smallest absolute Gasteiger partial charge is 0.308 e. The molecule has 1 saturated heterocycles. The largest absolute Gasteiger partial charge is 0.497 e. The van der Waals surface area contributed by atoms with Gasteiger partial charge in [0.15, 0.2) is 6.10 Å². The summed E-state index contributed by atoms with van der Waals surface area (Å²) in [4.78, 5) is 36.9. The maximum atomic E-state index is 12.0. The van der Waals surface area contributed by atoms with E-state index in [1.54, 1.807) is 12.0 Å². The maximum Gasteiger partial charge on any atom is 0.308 e. The highest BCUT2D eigenvalue weighted by Gasteiger charge is 2.23. The summed E-state index contributed by atoms with van der Waals surface area (Å²) in [6, 6.07) is 7.61. The van der Waals surface area contributed by atoms with Crippen LogP contribution in [0.1, 0.15) is 18.9 Å². The molecule has 2 amide bonds. The van der Waals surface area contributed by atoms with Crippen LogP contribution in [0.3, 0.4) is 0 Å². The molecular formula is C18H24N2O5S. The summed E-state index contributed by atoms with van der Waals surface area (Å²) in [6.45, 7) is 2.97. The van der Waals surface area contributed by atoms with Gasteiger partial charge in [-0.1, -0.05) is 23.9 Å². The normalized spacial score (nSPS) is 14.8. The van der Waals surface area contributed by atoms with Crippen LogP contribution in [-0.4, -0.2) is 60.6 Å². The molecule has 2 rings (SSSR count). The van der Waals surface area contributed by atoms with Crippen molar-refractivity contribution in [2.45, 2.75) is 25.9 Å². The van der Waals surface area contributed by atoms with Crippen molar-refractivity contribution in [1.82, 2.24) is 10.2 Å². The van der Waals surface area contributed by atoms with Crippen molar-refractivity contribution >= 4 is 28.9 Å². The average molecular weight is 380 g/mol. The first-order valence-corrected chi connectivity index (χ1v) is 9.50. The number of carbonyl (C=O) groups excluding carboxylic acids is 3. The molecule has 0 aromatic heterocycles. The molecule has 0 saturated carbocycles. The van der Waals surface area contributed by atoms with E-state index in [0.717, 1.165) is 17.1 Å². The van der Waals surface area contributed by atoms with Crippen LogP contribution in [0, 0.1) is 0 Å². The van der Waals surface area contributed by atoms with Gasteiger partial charge in [0.25, 0.3) is 11.1 Å². The van der Waals surface area contributed by atoms with Crippen LogP contribution in [0.15, 0.2) is 24.3 Å². The second-order valence-electron chi connectivity index (χ2n) is 5.87. The summed E-state index contributed by atoms with van der Waals surface area (Å²) in [5, 5.41) is 2.74. The molecule has 0 aliphatic carbocycles. The molecule has 26 heavy (non-hydrogen) atoms. The number of hydrogen-bond donors (Lipinski definition) is 1. The van der Waals surface area contributed by atoms with Gasteiger partial charge in [0, 0.05) is 25.4 Å². The number of hydrogen-bond acceptors (Lipinski definition) is 6. The number of nitrogens with one attached hydrogen (secondary N) is 1. The van der Waals surface area contributed by atoms with Crippen molar-refractivity contribution in [3.05, 3.63) is 29.8 Å². The molecule has 1 fully saturated rings. The fraction of sp³-hybridized carbons (Fsp3) is 0.500. The van der Waals surface area contributed by atoms with Gasteiger partial charge in [-0.3, -0.25) is 14.4 Å². The van der Waals surface area contributed by atoms with Gasteiger partial charge in [0.1, 0.15) is 5.75 Å². The Morgan fingerprint density at radius 3 is 2.65 bits per heavy atom. The first kappa shape index (κ1) is 20.1. The number of nitrogens with zero attached hydrogens (tertiary/aromatic N) is 1. The lowest BCUT2D eigenvalue weighted by molar-refractivity contribution is -0.154. The van der Waals surface area contributed by atoms with Crippen LogP contribution in [0.4, 0.5) is 4.79 Å². The van der Waals surface area contributed by atoms with Crippen LogP contribution in [-0.2, 0) is 20.7 Å². The minimum atomic E-state index is -0.859. The number of rotatable bonds is 9. The number of thioether (sulfide) groups is 1. The maximum absolute atomic E-state index is 12.0. The standard InChI is InChI=1S/C18H24N2O5S/c1-13(25-16(21)8-10-20-11-12-26-18(20)23)17(22)19-9-7-14-3-5-15(24-2)6-4-14/h3-6,13H,7-12H2,1-2H3,(H,19,22). The van der Waals surface area contributed by atoms with E-state index in [-0.39, 0.29) is 17.6 Å². The molecule has 0 bridgehead atoms. The highest BCUT2D eigenvalue weighted by molar-refractivity contribution is 8.13. The van der Waals surface area contributed by atoms with Crippen molar-refractivity contribution in [1.29, 1.82) is 0 Å². The molecule has 1 heterocycles. The number of carbonyl (C=O) groups is 3. The monoisotopic (exact) mass is 380 g/mol. The number of esters is 1. The highest BCUT2D eigenvalue weighted by atomic mass is 32.2. The van der Waals surface area contributed by atoms with Crippen molar-refractivity contribution < 1.29 is 23.9 Å². The summed E-state index contributed by atoms with van der Waals surface area (Å²) in [5.74, 6) is 0.723. The fourth-order valence-electron chi connectivity index (χ4n) is 2.43.